The van der Waals surface area contributed by atoms with Crippen molar-refractivity contribution >= 4 is 11.9 Å². The maximum atomic E-state index is 12.2. The molecule has 1 aliphatic heterocycles. The molecule has 6 nitrogen and oxygen atoms in total. The van der Waals surface area contributed by atoms with Gasteiger partial charge in [0.05, 0.1) is 45.7 Å². The number of hydrogen-bond donors (Lipinski definition) is 1. The molecule has 1 N–H and O–H groups in total. The van der Waals surface area contributed by atoms with Crippen LogP contribution < -0.4 is 14.7 Å². The van der Waals surface area contributed by atoms with Crippen molar-refractivity contribution in [2.24, 2.45) is 0 Å². The lowest BCUT2D eigenvalue weighted by Gasteiger charge is -2.32. The van der Waals surface area contributed by atoms with Crippen LogP contribution in [0.2, 0.25) is 0 Å². The van der Waals surface area contributed by atoms with Crippen molar-refractivity contribution in [1.29, 1.82) is 0 Å². The minimum atomic E-state index is -1.04. The van der Waals surface area contributed by atoms with Crippen LogP contribution in [-0.2, 0) is 16.0 Å². The molecule has 0 atom stereocenters. The molecule has 0 bridgehead atoms. The lowest BCUT2D eigenvalue weighted by molar-refractivity contribution is -0.898. The Kier molecular flexibility index (Phi) is 5.16. The molecule has 21 heavy (non-hydrogen) atoms. The molecule has 0 spiro atoms. The van der Waals surface area contributed by atoms with Crippen LogP contribution in [0.4, 0.5) is 0 Å². The Bertz CT molecular complexity index is 493. The molecule has 1 heterocycles. The van der Waals surface area contributed by atoms with Crippen molar-refractivity contribution in [2.75, 3.05) is 39.8 Å². The summed E-state index contributed by atoms with van der Waals surface area (Å²) in [5, 5.41) is 10.6. The number of carbonyl (C=O) groups excluding carboxylic acids is 2. The number of methoxy groups -OCH3 is 1. The molecule has 0 aliphatic carbocycles. The Morgan fingerprint density at radius 3 is 2.38 bits per heavy atom. The van der Waals surface area contributed by atoms with Crippen molar-refractivity contribution < 1.29 is 24.3 Å². The van der Waals surface area contributed by atoms with E-state index in [1.54, 1.807) is 12.0 Å². The predicted molar refractivity (Wildman–Crippen MR) is 73.8 cm³/mol. The van der Waals surface area contributed by atoms with Crippen molar-refractivity contribution in [3.05, 3.63) is 29.8 Å². The van der Waals surface area contributed by atoms with Crippen molar-refractivity contribution in [1.82, 2.24) is 4.90 Å². The summed E-state index contributed by atoms with van der Waals surface area (Å²) in [5.41, 5.74) is 0.949. The molecule has 1 aromatic carbocycles. The van der Waals surface area contributed by atoms with E-state index in [1.807, 2.05) is 24.3 Å². The zero-order valence-electron chi connectivity index (χ0n) is 12.1. The molecule has 1 amide bonds. The number of aliphatic carboxylic acids is 1. The molecule has 2 rings (SSSR count). The second-order valence-corrected chi connectivity index (χ2v) is 5.20. The van der Waals surface area contributed by atoms with Crippen LogP contribution in [0.15, 0.2) is 24.3 Å². The number of rotatable bonds is 5. The highest BCUT2D eigenvalue weighted by Crippen LogP contribution is 2.12. The van der Waals surface area contributed by atoms with Gasteiger partial charge in [-0.1, -0.05) is 12.1 Å². The molecule has 1 fully saturated rings. The fourth-order valence-electron chi connectivity index (χ4n) is 2.48. The molecule has 1 aliphatic rings. The predicted octanol–water partition coefficient (Wildman–Crippen LogP) is -2.29. The Labute approximate surface area is 123 Å². The number of carboxylic acid groups (broad SMARTS) is 1. The van der Waals surface area contributed by atoms with Gasteiger partial charge < -0.3 is 24.4 Å². The van der Waals surface area contributed by atoms with Gasteiger partial charge in [0.2, 0.25) is 5.91 Å². The monoisotopic (exact) mass is 292 g/mol. The van der Waals surface area contributed by atoms with Gasteiger partial charge in [0.15, 0.2) is 0 Å². The Hall–Kier alpha value is -2.08. The van der Waals surface area contributed by atoms with Crippen LogP contribution in [0.25, 0.3) is 0 Å². The van der Waals surface area contributed by atoms with E-state index >= 15 is 0 Å². The molecular weight excluding hydrogens is 272 g/mol. The summed E-state index contributed by atoms with van der Waals surface area (Å²) in [7, 11) is 1.61. The molecule has 0 saturated carbocycles. The van der Waals surface area contributed by atoms with Crippen LogP contribution in [-0.4, -0.2) is 56.6 Å². The van der Waals surface area contributed by atoms with Crippen LogP contribution >= 0.6 is 0 Å². The standard InChI is InChI=1S/C15H20N2O4/c1-21-13-4-2-12(3-5-13)10-14(18)17-8-6-16(7-9-17)11-15(19)20/h2-5H,6-11H2,1H3,(H,19,20). The lowest BCUT2D eigenvalue weighted by Crippen LogP contribution is -3.16. The zero-order chi connectivity index (χ0) is 15.2. The highest BCUT2D eigenvalue weighted by Gasteiger charge is 2.23. The summed E-state index contributed by atoms with van der Waals surface area (Å²) < 4.78 is 5.08. The highest BCUT2D eigenvalue weighted by molar-refractivity contribution is 5.78. The van der Waals surface area contributed by atoms with E-state index in [4.69, 9.17) is 4.74 Å². The zero-order valence-corrected chi connectivity index (χ0v) is 12.1. The van der Waals surface area contributed by atoms with E-state index in [0.717, 1.165) is 16.2 Å². The third-order valence-corrected chi connectivity index (χ3v) is 3.73. The number of carbonyl (C=O) groups is 2. The van der Waals surface area contributed by atoms with E-state index in [-0.39, 0.29) is 12.5 Å². The summed E-state index contributed by atoms with van der Waals surface area (Å²) in [6.45, 7) is 2.51. The van der Waals surface area contributed by atoms with Gasteiger partial charge in [-0.25, -0.2) is 0 Å². The first-order valence-corrected chi connectivity index (χ1v) is 7.02. The average molecular weight is 292 g/mol. The fraction of sp³-hybridized carbons (Fsp3) is 0.467. The van der Waals surface area contributed by atoms with Crippen LogP contribution in [0, 0.1) is 0 Å². The molecule has 6 heteroatoms. The number of hydrogen-bond acceptors (Lipinski definition) is 4. The van der Waals surface area contributed by atoms with Crippen LogP contribution in [0.3, 0.4) is 0 Å². The van der Waals surface area contributed by atoms with Crippen molar-refractivity contribution in [2.45, 2.75) is 6.42 Å². The van der Waals surface area contributed by atoms with Crippen molar-refractivity contribution in [3.8, 4) is 5.75 Å². The highest BCUT2D eigenvalue weighted by atomic mass is 16.5. The Morgan fingerprint density at radius 2 is 1.86 bits per heavy atom. The normalized spacial score (nSPS) is 15.8. The van der Waals surface area contributed by atoms with Gasteiger partial charge in [0.25, 0.3) is 0 Å². The first-order chi connectivity index (χ1) is 10.1. The topological polar surface area (TPSA) is 74.1 Å². The second-order valence-electron chi connectivity index (χ2n) is 5.20. The summed E-state index contributed by atoms with van der Waals surface area (Å²) >= 11 is 0. The molecule has 1 saturated heterocycles. The molecule has 0 aromatic heterocycles. The number of benzene rings is 1. The molecule has 114 valence electrons. The maximum absolute atomic E-state index is 12.2. The van der Waals surface area contributed by atoms with Gasteiger partial charge in [-0.05, 0) is 17.7 Å². The molecule has 1 aromatic rings. The SMILES string of the molecule is COc1ccc(CC(=O)N2CC[NH+](CC(=O)[O-])CC2)cc1. The van der Waals surface area contributed by atoms with Gasteiger partial charge >= 0.3 is 0 Å². The first kappa shape index (κ1) is 15.3. The van der Waals surface area contributed by atoms with Crippen LogP contribution in [0.1, 0.15) is 5.56 Å². The summed E-state index contributed by atoms with van der Waals surface area (Å²) in [6, 6.07) is 7.44. The van der Waals surface area contributed by atoms with Gasteiger partial charge in [-0.2, -0.15) is 0 Å². The quantitative estimate of drug-likeness (QED) is 0.663. The largest absolute Gasteiger partial charge is 0.544 e. The molecule has 0 radical (unpaired) electrons. The third kappa shape index (κ3) is 4.46. The minimum absolute atomic E-state index is 0.0144. The van der Waals surface area contributed by atoms with E-state index < -0.39 is 5.97 Å². The molecular formula is C15H20N2O4. The van der Waals surface area contributed by atoms with Gasteiger partial charge in [0.1, 0.15) is 12.3 Å². The van der Waals surface area contributed by atoms with Crippen molar-refractivity contribution in [3.63, 3.8) is 0 Å². The first-order valence-electron chi connectivity index (χ1n) is 7.02. The van der Waals surface area contributed by atoms with Crippen LogP contribution in [0.5, 0.6) is 5.75 Å². The maximum Gasteiger partial charge on any atom is 0.227 e. The van der Waals surface area contributed by atoms with E-state index in [9.17, 15) is 14.7 Å². The lowest BCUT2D eigenvalue weighted by atomic mass is 10.1. The number of amides is 1. The average Bonchev–Trinajstić information content (AvgIpc) is 2.48. The number of piperazine rings is 1. The van der Waals surface area contributed by atoms with E-state index in [2.05, 4.69) is 0 Å². The number of ether oxygens (including phenoxy) is 1. The summed E-state index contributed by atoms with van der Waals surface area (Å²) in [6.07, 6.45) is 0.361. The summed E-state index contributed by atoms with van der Waals surface area (Å²) in [5.74, 6) is -0.193. The Balaban J connectivity index is 1.82. The summed E-state index contributed by atoms with van der Waals surface area (Å²) in [4.78, 5) is 25.5. The van der Waals surface area contributed by atoms with Gasteiger partial charge in [-0.15, -0.1) is 0 Å². The number of nitrogens with zero attached hydrogens (tertiary/aromatic N) is 1. The second kappa shape index (κ2) is 7.08. The number of nitrogens with one attached hydrogen (secondary N) is 1. The van der Waals surface area contributed by atoms with Gasteiger partial charge in [-0.3, -0.25) is 4.79 Å². The number of quaternary nitrogens is 1. The fourth-order valence-corrected chi connectivity index (χ4v) is 2.48. The number of carboxylic acids is 1. The van der Waals surface area contributed by atoms with E-state index in [0.29, 0.717) is 32.6 Å². The molecule has 0 unspecified atom stereocenters. The third-order valence-electron chi connectivity index (χ3n) is 3.73. The smallest absolute Gasteiger partial charge is 0.227 e. The minimum Gasteiger partial charge on any atom is -0.544 e. The van der Waals surface area contributed by atoms with E-state index in [1.165, 1.54) is 0 Å². The van der Waals surface area contributed by atoms with Gasteiger partial charge in [0, 0.05) is 0 Å². The Morgan fingerprint density at radius 1 is 1.24 bits per heavy atom.